The third-order valence-corrected chi connectivity index (χ3v) is 5.80. The van der Waals surface area contributed by atoms with Gasteiger partial charge in [-0.25, -0.2) is 23.8 Å². The number of pyridine rings is 1. The summed E-state index contributed by atoms with van der Waals surface area (Å²) in [4.78, 5) is 31.4. The highest BCUT2D eigenvalue weighted by atomic mass is 19.4. The molecule has 0 radical (unpaired) electrons. The number of hydrogen-bond acceptors (Lipinski definition) is 6. The van der Waals surface area contributed by atoms with Crippen molar-refractivity contribution in [1.82, 2.24) is 24.7 Å². The summed E-state index contributed by atoms with van der Waals surface area (Å²) in [7, 11) is 0. The molecule has 16 heteroatoms. The predicted molar refractivity (Wildman–Crippen MR) is 126 cm³/mol. The molecular formula is C24H18F8N6O2. The molecule has 0 saturated heterocycles. The molecule has 1 atom stereocenters. The predicted octanol–water partition coefficient (Wildman–Crippen LogP) is 5.14. The Morgan fingerprint density at radius 2 is 1.73 bits per heavy atom. The largest absolute Gasteiger partial charge is 0.423 e. The van der Waals surface area contributed by atoms with Gasteiger partial charge in [0.2, 0.25) is 0 Å². The van der Waals surface area contributed by atoms with Crippen LogP contribution in [0.15, 0.2) is 46.5 Å². The Labute approximate surface area is 220 Å². The number of aromatic nitrogens is 5. The van der Waals surface area contributed by atoms with Crippen molar-refractivity contribution in [3.05, 3.63) is 80.4 Å². The molecule has 212 valence electrons. The number of halogens is 8. The minimum Gasteiger partial charge on any atom is -0.381 e. The number of aromatic amines is 1. The zero-order valence-corrected chi connectivity index (χ0v) is 20.2. The first-order valence-corrected chi connectivity index (χ1v) is 11.3. The number of nitrogens with one attached hydrogen (secondary N) is 2. The number of hydrogen-bond donors (Lipinski definition) is 2. The van der Waals surface area contributed by atoms with Crippen LogP contribution in [0, 0.1) is 11.6 Å². The fourth-order valence-electron chi connectivity index (χ4n) is 3.91. The lowest BCUT2D eigenvalue weighted by Crippen LogP contribution is -2.27. The molecule has 2 N–H and O–H groups in total. The van der Waals surface area contributed by atoms with Crippen LogP contribution in [0.2, 0.25) is 0 Å². The molecule has 1 aromatic carbocycles. The van der Waals surface area contributed by atoms with Crippen molar-refractivity contribution in [2.75, 3.05) is 5.32 Å². The van der Waals surface area contributed by atoms with Crippen LogP contribution in [0.4, 0.5) is 40.8 Å². The van der Waals surface area contributed by atoms with E-state index >= 15 is 0 Å². The van der Waals surface area contributed by atoms with Gasteiger partial charge in [0.15, 0.2) is 17.5 Å². The fourth-order valence-corrected chi connectivity index (χ4v) is 3.91. The Hall–Kier alpha value is -4.37. The van der Waals surface area contributed by atoms with Crippen LogP contribution in [0.3, 0.4) is 0 Å². The van der Waals surface area contributed by atoms with E-state index in [0.717, 1.165) is 10.6 Å². The molecule has 4 rings (SSSR count). The first-order valence-electron chi connectivity index (χ1n) is 11.8. The summed E-state index contributed by atoms with van der Waals surface area (Å²) >= 11 is 0. The van der Waals surface area contributed by atoms with E-state index in [2.05, 4.69) is 20.4 Å². The standard InChI is InChI=1S/C24H18F8N6O2/c1-11(36-15-10-35-37-21(39)17(15)24(30,31)32)3-2-5-38-6-4-12-7-14(18(25)19(26)16(12)22(38)40)20-33-8-13(9-34-20)23(27,28)29/h4,6-11H,2-3,5H2,1H3,(H2,36,37,39)/t11-/m1/s1/i11D. The maximum absolute atomic E-state index is 15.0. The van der Waals surface area contributed by atoms with Gasteiger partial charge in [-0.2, -0.15) is 31.4 Å². The van der Waals surface area contributed by atoms with Crippen molar-refractivity contribution in [2.24, 2.45) is 0 Å². The van der Waals surface area contributed by atoms with Gasteiger partial charge in [0.1, 0.15) is 5.56 Å². The molecule has 0 spiro atoms. The summed E-state index contributed by atoms with van der Waals surface area (Å²) in [5, 5.41) is 6.56. The smallest absolute Gasteiger partial charge is 0.381 e. The molecule has 0 bridgehead atoms. The summed E-state index contributed by atoms with van der Waals surface area (Å²) in [5.74, 6) is -3.66. The molecule has 0 aliphatic carbocycles. The lowest BCUT2D eigenvalue weighted by molar-refractivity contribution is -0.139. The van der Waals surface area contributed by atoms with Gasteiger partial charge in [0.05, 0.1) is 29.8 Å². The van der Waals surface area contributed by atoms with Crippen LogP contribution in [-0.4, -0.2) is 30.8 Å². The van der Waals surface area contributed by atoms with Gasteiger partial charge in [-0.05, 0) is 37.3 Å². The second kappa shape index (κ2) is 10.7. The van der Waals surface area contributed by atoms with E-state index in [1.165, 1.54) is 19.2 Å². The summed E-state index contributed by atoms with van der Waals surface area (Å²) in [5.41, 5.74) is -6.49. The van der Waals surface area contributed by atoms with Crippen LogP contribution < -0.4 is 16.4 Å². The molecule has 0 amide bonds. The van der Waals surface area contributed by atoms with Crippen molar-refractivity contribution < 1.29 is 36.5 Å². The van der Waals surface area contributed by atoms with E-state index in [4.69, 9.17) is 1.37 Å². The van der Waals surface area contributed by atoms with Gasteiger partial charge < -0.3 is 9.88 Å². The monoisotopic (exact) mass is 575 g/mol. The minimum absolute atomic E-state index is 0.0119. The Balaban J connectivity index is 1.55. The average Bonchev–Trinajstić information content (AvgIpc) is 2.86. The number of fused-ring (bicyclic) bond motifs is 1. The average molecular weight is 575 g/mol. The third-order valence-electron chi connectivity index (χ3n) is 5.80. The van der Waals surface area contributed by atoms with Crippen molar-refractivity contribution in [3.8, 4) is 11.4 Å². The third kappa shape index (κ3) is 5.79. The SMILES string of the molecule is [2H][C@@](C)(CCCn1ccc2cc(-c3ncc(C(F)(F)F)cn3)c(F)c(F)c2c1=O)Nc1cn[nH]c(=O)c1C(F)(F)F. The number of anilines is 1. The molecule has 0 saturated carbocycles. The molecule has 0 unspecified atom stereocenters. The van der Waals surface area contributed by atoms with Gasteiger partial charge in [0, 0.05) is 31.2 Å². The second-order valence-electron chi connectivity index (χ2n) is 8.62. The van der Waals surface area contributed by atoms with E-state index in [1.807, 2.05) is 0 Å². The number of benzene rings is 1. The zero-order valence-electron chi connectivity index (χ0n) is 21.2. The topological polar surface area (TPSA) is 106 Å². The molecule has 0 fully saturated rings. The van der Waals surface area contributed by atoms with E-state index in [1.54, 1.807) is 5.10 Å². The number of rotatable bonds is 7. The maximum atomic E-state index is 15.0. The highest BCUT2D eigenvalue weighted by Gasteiger charge is 2.37. The fraction of sp³-hybridized carbons (Fsp3) is 0.292. The number of aryl methyl sites for hydroxylation is 1. The normalized spacial score (nSPS) is 14.2. The van der Waals surface area contributed by atoms with E-state index in [0.29, 0.717) is 18.6 Å². The number of alkyl halides is 6. The maximum Gasteiger partial charge on any atom is 0.423 e. The van der Waals surface area contributed by atoms with Crippen LogP contribution >= 0.6 is 0 Å². The number of nitrogens with zero attached hydrogens (tertiary/aromatic N) is 4. The molecule has 4 aromatic rings. The van der Waals surface area contributed by atoms with Crippen LogP contribution in [0.1, 0.15) is 32.3 Å². The Kier molecular flexibility index (Phi) is 7.25. The van der Waals surface area contributed by atoms with Gasteiger partial charge in [0.25, 0.3) is 11.1 Å². The molecule has 3 heterocycles. The molecule has 3 aromatic heterocycles. The Morgan fingerprint density at radius 1 is 1.05 bits per heavy atom. The summed E-state index contributed by atoms with van der Waals surface area (Å²) in [6, 6.07) is 0.507. The van der Waals surface area contributed by atoms with E-state index in [9.17, 15) is 44.7 Å². The quantitative estimate of drug-likeness (QED) is 0.296. The molecule has 0 aliphatic heterocycles. The molecule has 8 nitrogen and oxygen atoms in total. The Bertz CT molecular complexity index is 1720. The second-order valence-corrected chi connectivity index (χ2v) is 8.62. The van der Waals surface area contributed by atoms with Crippen molar-refractivity contribution in [2.45, 2.75) is 44.7 Å². The van der Waals surface area contributed by atoms with Crippen LogP contribution in [0.25, 0.3) is 22.2 Å². The van der Waals surface area contributed by atoms with Crippen molar-refractivity contribution in [3.63, 3.8) is 0 Å². The van der Waals surface area contributed by atoms with Gasteiger partial charge in [-0.1, -0.05) is 0 Å². The first kappa shape index (κ1) is 27.2. The summed E-state index contributed by atoms with van der Waals surface area (Å²) in [6.45, 7) is 1.09. The lowest BCUT2D eigenvalue weighted by atomic mass is 10.1. The first-order chi connectivity index (χ1) is 19.0. The Morgan fingerprint density at radius 3 is 2.35 bits per heavy atom. The zero-order chi connectivity index (χ0) is 30.3. The lowest BCUT2D eigenvalue weighted by Gasteiger charge is -2.18. The van der Waals surface area contributed by atoms with Crippen molar-refractivity contribution in [1.29, 1.82) is 0 Å². The van der Waals surface area contributed by atoms with Crippen molar-refractivity contribution >= 4 is 16.5 Å². The summed E-state index contributed by atoms with van der Waals surface area (Å²) < 4.78 is 117. The van der Waals surface area contributed by atoms with Crippen LogP contribution in [-0.2, 0) is 18.9 Å². The number of H-pyrrole nitrogens is 1. The van der Waals surface area contributed by atoms with Crippen LogP contribution in [0.5, 0.6) is 0 Å². The summed E-state index contributed by atoms with van der Waals surface area (Å²) in [6.07, 6.45) is -7.14. The van der Waals surface area contributed by atoms with Gasteiger partial charge in [-0.15, -0.1) is 0 Å². The van der Waals surface area contributed by atoms with Gasteiger partial charge >= 0.3 is 12.4 Å². The van der Waals surface area contributed by atoms with E-state index in [-0.39, 0.29) is 24.8 Å². The highest BCUT2D eigenvalue weighted by molar-refractivity contribution is 5.86. The molecule has 0 aliphatic rings. The molecule has 40 heavy (non-hydrogen) atoms. The van der Waals surface area contributed by atoms with Gasteiger partial charge in [-0.3, -0.25) is 9.59 Å². The van der Waals surface area contributed by atoms with E-state index < -0.39 is 74.7 Å². The molecular weight excluding hydrogens is 556 g/mol. The minimum atomic E-state index is -5.02. The highest BCUT2D eigenvalue weighted by Crippen LogP contribution is 2.32.